The first-order valence-corrected chi connectivity index (χ1v) is 9.50. The molecule has 0 amide bonds. The van der Waals surface area contributed by atoms with Crippen LogP contribution in [-0.2, 0) is 9.53 Å². The molecule has 0 saturated heterocycles. The van der Waals surface area contributed by atoms with Crippen LogP contribution in [0.15, 0.2) is 0 Å². The maximum absolute atomic E-state index is 11.9. The third-order valence-electron chi connectivity index (χ3n) is 4.04. The lowest BCUT2D eigenvalue weighted by Gasteiger charge is -2.33. The first-order chi connectivity index (χ1) is 9.90. The summed E-state index contributed by atoms with van der Waals surface area (Å²) in [7, 11) is 0.546. The van der Waals surface area contributed by atoms with Gasteiger partial charge in [-0.25, -0.2) is 0 Å². The van der Waals surface area contributed by atoms with E-state index in [1.165, 1.54) is 0 Å². The van der Waals surface area contributed by atoms with Crippen LogP contribution in [0.4, 0.5) is 0 Å². The van der Waals surface area contributed by atoms with Crippen molar-refractivity contribution in [2.45, 2.75) is 46.5 Å². The molecule has 0 atom stereocenters. The zero-order valence-corrected chi connectivity index (χ0v) is 15.4. The number of quaternary nitrogens is 1. The average molecular weight is 339 g/mol. The van der Waals surface area contributed by atoms with Gasteiger partial charge in [0, 0.05) is 5.75 Å². The van der Waals surface area contributed by atoms with Gasteiger partial charge < -0.3 is 22.9 Å². The van der Waals surface area contributed by atoms with Gasteiger partial charge in [0.15, 0.2) is 0 Å². The number of hydrogen-bond donors (Lipinski definition) is 2. The van der Waals surface area contributed by atoms with E-state index >= 15 is 0 Å². The van der Waals surface area contributed by atoms with E-state index in [0.717, 1.165) is 36.8 Å². The molecule has 0 aromatic rings. The number of carbonyl (C=O) groups excluding carboxylic acids is 1. The summed E-state index contributed by atoms with van der Waals surface area (Å²) in [5.74, 6) is -0.222. The van der Waals surface area contributed by atoms with Gasteiger partial charge in [-0.05, 0) is 39.5 Å². The third kappa shape index (κ3) is 10.4. The first-order valence-electron chi connectivity index (χ1n) is 7.85. The fourth-order valence-corrected chi connectivity index (χ4v) is 2.42. The minimum Gasteiger partial charge on any atom is -0.773 e. The predicted octanol–water partition coefficient (Wildman–Crippen LogP) is 3.09. The lowest BCUT2D eigenvalue weighted by atomic mass is 9.91. The zero-order chi connectivity index (χ0) is 17.4. The van der Waals surface area contributed by atoms with Crippen LogP contribution in [-0.4, -0.2) is 63.7 Å². The second kappa shape index (κ2) is 9.08. The Kier molecular flexibility index (Phi) is 8.94. The third-order valence-corrected chi connectivity index (χ3v) is 4.86. The highest BCUT2D eigenvalue weighted by Crippen LogP contribution is 2.33. The number of rotatable bonds is 11. The highest BCUT2D eigenvalue weighted by Gasteiger charge is 2.27. The molecule has 0 unspecified atom stereocenters. The van der Waals surface area contributed by atoms with Crippen LogP contribution in [0.5, 0.6) is 0 Å². The molecule has 0 saturated carbocycles. The topological polar surface area (TPSA) is 89.8 Å². The number of carbonyl (C=O) groups is 1. The SMILES string of the molecule is CCC(C)(C)C(=O)OCC[N+](C)(C)CCCCCS([O-])(O)O. The summed E-state index contributed by atoms with van der Waals surface area (Å²) in [6.45, 7) is 7.77. The molecular formula is C15H33NO5S. The summed E-state index contributed by atoms with van der Waals surface area (Å²) in [6.07, 6.45) is 2.98. The normalized spacial score (nSPS) is 14.0. The Morgan fingerprint density at radius 1 is 1.18 bits per heavy atom. The van der Waals surface area contributed by atoms with Crippen LogP contribution in [0.25, 0.3) is 0 Å². The molecule has 0 aliphatic rings. The van der Waals surface area contributed by atoms with Gasteiger partial charge >= 0.3 is 5.97 Å². The molecule has 0 aliphatic carbocycles. The summed E-state index contributed by atoms with van der Waals surface area (Å²) < 4.78 is 34.3. The van der Waals surface area contributed by atoms with Crippen molar-refractivity contribution in [2.24, 2.45) is 5.41 Å². The van der Waals surface area contributed by atoms with Gasteiger partial charge in [0.05, 0.1) is 26.1 Å². The molecule has 7 heteroatoms. The van der Waals surface area contributed by atoms with Crippen molar-refractivity contribution in [3.05, 3.63) is 0 Å². The fourth-order valence-electron chi connectivity index (χ4n) is 1.84. The van der Waals surface area contributed by atoms with Gasteiger partial charge in [0.1, 0.15) is 13.2 Å². The fraction of sp³-hybridized carbons (Fsp3) is 0.933. The molecule has 0 rings (SSSR count). The summed E-state index contributed by atoms with van der Waals surface area (Å²) in [5.41, 5.74) is -0.432. The monoisotopic (exact) mass is 339 g/mol. The molecular weight excluding hydrogens is 306 g/mol. The van der Waals surface area contributed by atoms with Crippen molar-refractivity contribution in [3.63, 3.8) is 0 Å². The predicted molar refractivity (Wildman–Crippen MR) is 89.2 cm³/mol. The van der Waals surface area contributed by atoms with Crippen LogP contribution in [0, 0.1) is 5.41 Å². The number of ether oxygens (including phenoxy) is 1. The Bertz CT molecular complexity index is 339. The molecule has 0 aliphatic heterocycles. The Labute approximate surface area is 136 Å². The van der Waals surface area contributed by atoms with Crippen LogP contribution >= 0.6 is 10.9 Å². The Morgan fingerprint density at radius 3 is 2.27 bits per heavy atom. The summed E-state index contributed by atoms with van der Waals surface area (Å²) in [4.78, 5) is 11.9. The molecule has 0 heterocycles. The van der Waals surface area contributed by atoms with Gasteiger partial charge in [0.2, 0.25) is 0 Å². The number of likely N-dealkylation sites (N-methyl/N-ethyl adjacent to an activating group) is 1. The van der Waals surface area contributed by atoms with Gasteiger partial charge in [0.25, 0.3) is 0 Å². The second-order valence-electron chi connectivity index (χ2n) is 7.13. The Balaban J connectivity index is 3.89. The quantitative estimate of drug-likeness (QED) is 0.343. The van der Waals surface area contributed by atoms with Gasteiger partial charge in [-0.2, -0.15) is 0 Å². The maximum atomic E-state index is 11.9. The highest BCUT2D eigenvalue weighted by molar-refractivity contribution is 8.19. The van der Waals surface area contributed by atoms with E-state index in [9.17, 15) is 9.35 Å². The van der Waals surface area contributed by atoms with E-state index in [0.29, 0.717) is 13.0 Å². The molecule has 2 N–H and O–H groups in total. The van der Waals surface area contributed by atoms with Crippen molar-refractivity contribution >= 4 is 16.8 Å². The molecule has 0 fully saturated rings. The molecule has 0 aromatic carbocycles. The molecule has 0 aromatic heterocycles. The molecule has 0 bridgehead atoms. The van der Waals surface area contributed by atoms with Gasteiger partial charge in [-0.1, -0.05) is 6.92 Å². The van der Waals surface area contributed by atoms with Crippen molar-refractivity contribution in [2.75, 3.05) is 39.5 Å². The summed E-state index contributed by atoms with van der Waals surface area (Å²) in [5, 5.41) is 0. The van der Waals surface area contributed by atoms with E-state index in [2.05, 4.69) is 14.1 Å². The van der Waals surface area contributed by atoms with E-state index in [1.807, 2.05) is 20.8 Å². The van der Waals surface area contributed by atoms with Crippen LogP contribution in [0.3, 0.4) is 0 Å². The number of nitrogens with zero attached hydrogens (tertiary/aromatic N) is 1. The summed E-state index contributed by atoms with van der Waals surface area (Å²) >= 11 is 0. The number of unbranched alkanes of at least 4 members (excludes halogenated alkanes) is 2. The molecule has 22 heavy (non-hydrogen) atoms. The Morgan fingerprint density at radius 2 is 1.77 bits per heavy atom. The van der Waals surface area contributed by atoms with Gasteiger partial charge in [-0.3, -0.25) is 4.79 Å². The van der Waals surface area contributed by atoms with Crippen molar-refractivity contribution < 1.29 is 27.7 Å². The van der Waals surface area contributed by atoms with E-state index < -0.39 is 16.3 Å². The Hall–Kier alpha value is -0.340. The van der Waals surface area contributed by atoms with Crippen molar-refractivity contribution in [1.29, 1.82) is 0 Å². The highest BCUT2D eigenvalue weighted by atomic mass is 32.3. The lowest BCUT2D eigenvalue weighted by molar-refractivity contribution is -0.890. The van der Waals surface area contributed by atoms with Crippen molar-refractivity contribution in [3.8, 4) is 0 Å². The first kappa shape index (κ1) is 21.7. The van der Waals surface area contributed by atoms with Gasteiger partial charge in [-0.15, -0.1) is 10.9 Å². The van der Waals surface area contributed by atoms with Crippen molar-refractivity contribution in [1.82, 2.24) is 0 Å². The maximum Gasteiger partial charge on any atom is 0.311 e. The zero-order valence-electron chi connectivity index (χ0n) is 14.6. The summed E-state index contributed by atoms with van der Waals surface area (Å²) in [6, 6.07) is 0. The molecule has 0 spiro atoms. The molecule has 6 nitrogen and oxygen atoms in total. The standard InChI is InChI=1S/C15H33NO5S/c1-6-15(2,3)14(17)21-12-11-16(4,5)10-8-7-9-13-22(18,19)20/h6-13H2,1-5H3,(H2-,18,19,20). The number of esters is 1. The molecule has 0 radical (unpaired) electrons. The van der Waals surface area contributed by atoms with E-state index in [1.54, 1.807) is 0 Å². The molecule has 134 valence electrons. The number of hydrogen-bond acceptors (Lipinski definition) is 5. The minimum absolute atomic E-state index is 0.0653. The van der Waals surface area contributed by atoms with Crippen LogP contribution < -0.4 is 0 Å². The largest absolute Gasteiger partial charge is 0.773 e. The average Bonchev–Trinajstić information content (AvgIpc) is 2.36. The van der Waals surface area contributed by atoms with Crippen LogP contribution in [0.2, 0.25) is 0 Å². The second-order valence-corrected chi connectivity index (χ2v) is 8.75. The van der Waals surface area contributed by atoms with E-state index in [-0.39, 0.29) is 11.7 Å². The smallest absolute Gasteiger partial charge is 0.311 e. The van der Waals surface area contributed by atoms with Crippen LogP contribution in [0.1, 0.15) is 46.5 Å². The minimum atomic E-state index is -3.59. The lowest BCUT2D eigenvalue weighted by Crippen LogP contribution is -2.43. The van der Waals surface area contributed by atoms with E-state index in [4.69, 9.17) is 13.8 Å².